The first-order valence-electron chi connectivity index (χ1n) is 8.25. The Morgan fingerprint density at radius 1 is 1.21 bits per heavy atom. The van der Waals surface area contributed by atoms with Gasteiger partial charge in [0.25, 0.3) is 0 Å². The van der Waals surface area contributed by atoms with Crippen molar-refractivity contribution in [2.75, 3.05) is 5.32 Å². The van der Waals surface area contributed by atoms with E-state index in [1.54, 1.807) is 4.68 Å². The van der Waals surface area contributed by atoms with Crippen LogP contribution in [-0.4, -0.2) is 25.2 Å². The molecule has 24 heavy (non-hydrogen) atoms. The van der Waals surface area contributed by atoms with Crippen molar-refractivity contribution in [1.82, 2.24) is 19.3 Å². The third-order valence-electron chi connectivity index (χ3n) is 4.07. The minimum atomic E-state index is -0.0923. The van der Waals surface area contributed by atoms with Gasteiger partial charge < -0.3 is 9.88 Å². The molecule has 0 aliphatic heterocycles. The summed E-state index contributed by atoms with van der Waals surface area (Å²) in [6.45, 7) is 9.19. The average molecular weight is 325 g/mol. The van der Waals surface area contributed by atoms with Crippen LogP contribution in [0.3, 0.4) is 0 Å². The van der Waals surface area contributed by atoms with Gasteiger partial charge in [0.2, 0.25) is 5.91 Å². The molecule has 0 spiro atoms. The number of amides is 1. The van der Waals surface area contributed by atoms with Crippen LogP contribution in [0.1, 0.15) is 30.6 Å². The minimum Gasteiger partial charge on any atom is -0.328 e. The van der Waals surface area contributed by atoms with Gasteiger partial charge in [-0.3, -0.25) is 9.48 Å². The van der Waals surface area contributed by atoms with Crippen LogP contribution in [0, 0.1) is 20.8 Å². The van der Waals surface area contributed by atoms with Crippen molar-refractivity contribution < 1.29 is 4.79 Å². The molecule has 0 fully saturated rings. The van der Waals surface area contributed by atoms with Gasteiger partial charge in [-0.2, -0.15) is 5.10 Å². The Bertz CT molecular complexity index is 890. The van der Waals surface area contributed by atoms with E-state index in [4.69, 9.17) is 0 Å². The molecule has 2 aromatic heterocycles. The lowest BCUT2D eigenvalue weighted by Gasteiger charge is -2.08. The highest BCUT2D eigenvalue weighted by Crippen LogP contribution is 2.21. The van der Waals surface area contributed by atoms with E-state index >= 15 is 0 Å². The van der Waals surface area contributed by atoms with E-state index < -0.39 is 0 Å². The Morgan fingerprint density at radius 3 is 2.67 bits per heavy atom. The van der Waals surface area contributed by atoms with Crippen LogP contribution in [0.25, 0.3) is 11.0 Å². The Morgan fingerprint density at radius 2 is 2.00 bits per heavy atom. The van der Waals surface area contributed by atoms with Crippen molar-refractivity contribution in [1.29, 1.82) is 0 Å². The van der Waals surface area contributed by atoms with E-state index in [-0.39, 0.29) is 12.5 Å². The average Bonchev–Trinajstić information content (AvgIpc) is 2.98. The largest absolute Gasteiger partial charge is 0.328 e. The highest BCUT2D eigenvalue weighted by atomic mass is 16.2. The van der Waals surface area contributed by atoms with Crippen LogP contribution in [0.5, 0.6) is 0 Å². The minimum absolute atomic E-state index is 0.0923. The number of benzene rings is 1. The zero-order valence-corrected chi connectivity index (χ0v) is 14.6. The van der Waals surface area contributed by atoms with Crippen molar-refractivity contribution >= 4 is 22.6 Å². The van der Waals surface area contributed by atoms with E-state index in [2.05, 4.69) is 26.9 Å². The van der Waals surface area contributed by atoms with Crippen LogP contribution in [0.2, 0.25) is 0 Å². The number of nitrogens with one attached hydrogen (secondary N) is 1. The number of anilines is 1. The number of carbonyl (C=O) groups excluding carboxylic acids is 1. The molecule has 0 saturated heterocycles. The summed E-state index contributed by atoms with van der Waals surface area (Å²) in [5, 5.41) is 7.25. The fourth-order valence-electron chi connectivity index (χ4n) is 3.01. The molecule has 0 bridgehead atoms. The van der Waals surface area contributed by atoms with Crippen LogP contribution in [-0.2, 0) is 17.9 Å². The molecule has 0 aliphatic carbocycles. The molecule has 3 rings (SSSR count). The fourth-order valence-corrected chi connectivity index (χ4v) is 3.01. The molecule has 0 radical (unpaired) electrons. The topological polar surface area (TPSA) is 64.7 Å². The molecule has 1 aromatic carbocycles. The number of rotatable bonds is 5. The number of imidazole rings is 1. The molecule has 2 heterocycles. The summed E-state index contributed by atoms with van der Waals surface area (Å²) in [4.78, 5) is 16.9. The van der Waals surface area contributed by atoms with E-state index in [0.29, 0.717) is 0 Å². The van der Waals surface area contributed by atoms with E-state index in [0.717, 1.165) is 46.9 Å². The lowest BCUT2D eigenvalue weighted by Crippen LogP contribution is -2.20. The summed E-state index contributed by atoms with van der Waals surface area (Å²) in [6, 6.07) is 7.83. The molecule has 1 N–H and O–H groups in total. The molecule has 0 aliphatic rings. The number of hydrogen-bond donors (Lipinski definition) is 1. The van der Waals surface area contributed by atoms with Gasteiger partial charge in [-0.05, 0) is 51.5 Å². The van der Waals surface area contributed by atoms with Crippen molar-refractivity contribution in [3.8, 4) is 0 Å². The highest BCUT2D eigenvalue weighted by molar-refractivity contribution is 5.93. The quantitative estimate of drug-likeness (QED) is 0.783. The van der Waals surface area contributed by atoms with Crippen molar-refractivity contribution in [3.05, 3.63) is 41.5 Å². The second kappa shape index (κ2) is 6.47. The highest BCUT2D eigenvalue weighted by Gasteiger charge is 2.10. The van der Waals surface area contributed by atoms with Crippen LogP contribution < -0.4 is 5.32 Å². The van der Waals surface area contributed by atoms with Crippen molar-refractivity contribution in [3.63, 3.8) is 0 Å². The van der Waals surface area contributed by atoms with Crippen LogP contribution in [0.15, 0.2) is 24.3 Å². The molecule has 0 atom stereocenters. The van der Waals surface area contributed by atoms with Gasteiger partial charge in [0, 0.05) is 17.9 Å². The first-order chi connectivity index (χ1) is 11.5. The first-order valence-corrected chi connectivity index (χ1v) is 8.25. The maximum absolute atomic E-state index is 12.3. The predicted octanol–water partition coefficient (Wildman–Crippen LogP) is 3.21. The standard InChI is InChI=1S/C18H23N5O/c1-5-8-22-14(4)19-16-10-15(6-7-17(16)22)20-18(24)11-23-13(3)9-12(2)21-23/h6-7,9-10H,5,8,11H2,1-4H3,(H,20,24). The number of fused-ring (bicyclic) bond motifs is 1. The Kier molecular flexibility index (Phi) is 4.38. The lowest BCUT2D eigenvalue weighted by atomic mass is 10.2. The molecule has 0 unspecified atom stereocenters. The number of carbonyl (C=O) groups is 1. The number of aryl methyl sites for hydroxylation is 4. The zero-order chi connectivity index (χ0) is 17.3. The summed E-state index contributed by atoms with van der Waals surface area (Å²) in [5.74, 6) is 0.906. The Balaban J connectivity index is 1.77. The van der Waals surface area contributed by atoms with Crippen LogP contribution in [0.4, 0.5) is 5.69 Å². The Hall–Kier alpha value is -2.63. The molecule has 0 saturated carbocycles. The Labute approximate surface area is 141 Å². The van der Waals surface area contributed by atoms with Crippen molar-refractivity contribution in [2.45, 2.75) is 47.2 Å². The van der Waals surface area contributed by atoms with E-state index in [1.807, 2.05) is 45.0 Å². The molecule has 6 nitrogen and oxygen atoms in total. The van der Waals surface area contributed by atoms with E-state index in [1.165, 1.54) is 0 Å². The summed E-state index contributed by atoms with van der Waals surface area (Å²) in [5.41, 5.74) is 4.66. The molecule has 126 valence electrons. The molecule has 6 heteroatoms. The van der Waals surface area contributed by atoms with Gasteiger partial charge in [0.05, 0.1) is 16.7 Å². The third-order valence-corrected chi connectivity index (χ3v) is 4.07. The first kappa shape index (κ1) is 16.2. The molecule has 3 aromatic rings. The second-order valence-electron chi connectivity index (χ2n) is 6.15. The van der Waals surface area contributed by atoms with Gasteiger partial charge in [0.1, 0.15) is 12.4 Å². The predicted molar refractivity (Wildman–Crippen MR) is 95.1 cm³/mol. The SMILES string of the molecule is CCCn1c(C)nc2cc(NC(=O)Cn3nc(C)cc3C)ccc21. The maximum atomic E-state index is 12.3. The smallest absolute Gasteiger partial charge is 0.246 e. The second-order valence-corrected chi connectivity index (χ2v) is 6.15. The van der Waals surface area contributed by atoms with E-state index in [9.17, 15) is 4.79 Å². The summed E-state index contributed by atoms with van der Waals surface area (Å²) >= 11 is 0. The molecule has 1 amide bonds. The summed E-state index contributed by atoms with van der Waals surface area (Å²) in [7, 11) is 0. The van der Waals surface area contributed by atoms with Gasteiger partial charge in [-0.1, -0.05) is 6.92 Å². The maximum Gasteiger partial charge on any atom is 0.246 e. The fraction of sp³-hybridized carbons (Fsp3) is 0.389. The lowest BCUT2D eigenvalue weighted by molar-refractivity contribution is -0.116. The third kappa shape index (κ3) is 3.18. The van der Waals surface area contributed by atoms with Gasteiger partial charge in [-0.25, -0.2) is 4.98 Å². The number of hydrogen-bond acceptors (Lipinski definition) is 3. The number of nitrogens with zero attached hydrogens (tertiary/aromatic N) is 4. The van der Waals surface area contributed by atoms with Gasteiger partial charge in [0.15, 0.2) is 0 Å². The zero-order valence-electron chi connectivity index (χ0n) is 14.6. The van der Waals surface area contributed by atoms with Crippen LogP contribution >= 0.6 is 0 Å². The monoisotopic (exact) mass is 325 g/mol. The van der Waals surface area contributed by atoms with Gasteiger partial charge >= 0.3 is 0 Å². The molecular weight excluding hydrogens is 302 g/mol. The summed E-state index contributed by atoms with van der Waals surface area (Å²) in [6.07, 6.45) is 1.06. The normalized spacial score (nSPS) is 11.2. The molecular formula is C18H23N5O. The summed E-state index contributed by atoms with van der Waals surface area (Å²) < 4.78 is 3.92. The number of aromatic nitrogens is 4. The van der Waals surface area contributed by atoms with Crippen molar-refractivity contribution in [2.24, 2.45) is 0 Å². The van der Waals surface area contributed by atoms with Gasteiger partial charge in [-0.15, -0.1) is 0 Å².